The van der Waals surface area contributed by atoms with E-state index in [2.05, 4.69) is 0 Å². The van der Waals surface area contributed by atoms with Gasteiger partial charge in [0.15, 0.2) is 11.5 Å². The predicted molar refractivity (Wildman–Crippen MR) is 134 cm³/mol. The minimum Gasteiger partial charge on any atom is -0.490 e. The second-order valence-corrected chi connectivity index (χ2v) is 8.54. The van der Waals surface area contributed by atoms with Crippen LogP contribution in [0.15, 0.2) is 77.7 Å². The Hall–Kier alpha value is -4.44. The number of hydrogen-bond donors (Lipinski definition) is 0. The lowest BCUT2D eigenvalue weighted by Crippen LogP contribution is -2.27. The van der Waals surface area contributed by atoms with Crippen LogP contribution in [-0.2, 0) is 11.3 Å². The Bertz CT molecular complexity index is 1370. The molecule has 3 aromatic carbocycles. The number of nitro groups is 1. The summed E-state index contributed by atoms with van der Waals surface area (Å²) < 4.78 is 11.1. The molecule has 182 valence electrons. The van der Waals surface area contributed by atoms with Crippen LogP contribution in [0.4, 0.5) is 10.5 Å². The Labute approximate surface area is 210 Å². The molecule has 1 aliphatic heterocycles. The number of ether oxygens (including phenoxy) is 2. The maximum atomic E-state index is 12.9. The number of rotatable bonds is 8. The van der Waals surface area contributed by atoms with E-state index in [0.29, 0.717) is 23.5 Å². The van der Waals surface area contributed by atoms with E-state index in [1.807, 2.05) is 0 Å². The Kier molecular flexibility index (Phi) is 7.45. The molecule has 1 aliphatic rings. The summed E-state index contributed by atoms with van der Waals surface area (Å²) in [6, 6.07) is 19.3. The molecule has 0 bridgehead atoms. The largest absolute Gasteiger partial charge is 0.490 e. The van der Waals surface area contributed by atoms with Crippen molar-refractivity contribution < 1.29 is 28.8 Å². The Morgan fingerprint density at radius 2 is 1.75 bits per heavy atom. The van der Waals surface area contributed by atoms with Crippen LogP contribution < -0.4 is 9.47 Å². The van der Waals surface area contributed by atoms with E-state index >= 15 is 0 Å². The predicted octanol–water partition coefficient (Wildman–Crippen LogP) is 5.45. The van der Waals surface area contributed by atoms with E-state index < -0.39 is 22.0 Å². The summed E-state index contributed by atoms with van der Waals surface area (Å²) in [5, 5.41) is 10.8. The average molecular weight is 505 g/mol. The molecule has 0 aliphatic carbocycles. The molecule has 0 unspecified atom stereocenters. The molecule has 0 spiro atoms. The van der Waals surface area contributed by atoms with Gasteiger partial charge in [0.2, 0.25) is 0 Å². The first-order chi connectivity index (χ1) is 17.4. The van der Waals surface area contributed by atoms with Gasteiger partial charge < -0.3 is 9.47 Å². The molecule has 1 heterocycles. The number of thioether (sulfide) groups is 1. The highest BCUT2D eigenvalue weighted by Gasteiger charge is 2.36. The minimum atomic E-state index is -0.555. The van der Waals surface area contributed by atoms with Gasteiger partial charge in [-0.25, -0.2) is 4.79 Å². The molecule has 1 saturated heterocycles. The molecule has 3 aromatic rings. The molecule has 4 rings (SSSR count). The van der Waals surface area contributed by atoms with E-state index in [9.17, 15) is 24.5 Å². The second kappa shape index (κ2) is 10.9. The summed E-state index contributed by atoms with van der Waals surface area (Å²) in [4.78, 5) is 49.8. The van der Waals surface area contributed by atoms with Crippen LogP contribution >= 0.6 is 11.8 Å². The fraction of sp³-hybridized carbons (Fsp3) is 0.115. The molecule has 0 saturated carbocycles. The van der Waals surface area contributed by atoms with Gasteiger partial charge in [-0.05, 0) is 54.6 Å². The van der Waals surface area contributed by atoms with Crippen molar-refractivity contribution in [3.05, 3.63) is 105 Å². The van der Waals surface area contributed by atoms with Gasteiger partial charge in [0, 0.05) is 11.6 Å². The van der Waals surface area contributed by atoms with Crippen molar-refractivity contribution in [2.24, 2.45) is 0 Å². The summed E-state index contributed by atoms with van der Waals surface area (Å²) in [6.45, 7) is 1.88. The van der Waals surface area contributed by atoms with Crippen molar-refractivity contribution >= 4 is 40.6 Å². The summed E-state index contributed by atoms with van der Waals surface area (Å²) in [7, 11) is 0. The Morgan fingerprint density at radius 3 is 2.47 bits per heavy atom. The molecule has 0 aromatic heterocycles. The van der Waals surface area contributed by atoms with E-state index in [-0.39, 0.29) is 28.5 Å². The third-order valence-corrected chi connectivity index (χ3v) is 6.08. The topological polar surface area (TPSA) is 116 Å². The van der Waals surface area contributed by atoms with Gasteiger partial charge in [0.25, 0.3) is 16.8 Å². The van der Waals surface area contributed by atoms with E-state index in [0.717, 1.165) is 16.7 Å². The van der Waals surface area contributed by atoms with Crippen molar-refractivity contribution in [2.45, 2.75) is 13.5 Å². The smallest absolute Gasteiger partial charge is 0.343 e. The van der Waals surface area contributed by atoms with Gasteiger partial charge in [0.1, 0.15) is 0 Å². The first-order valence-electron chi connectivity index (χ1n) is 10.9. The first kappa shape index (κ1) is 24.7. The quantitative estimate of drug-likeness (QED) is 0.131. The molecule has 10 heteroatoms. The number of esters is 1. The molecule has 0 radical (unpaired) electrons. The Balaban J connectivity index is 1.55. The summed E-state index contributed by atoms with van der Waals surface area (Å²) in [5.74, 6) is -0.580. The summed E-state index contributed by atoms with van der Waals surface area (Å²) in [6.07, 6.45) is 1.52. The molecular formula is C26H20N2O7S. The molecule has 9 nitrogen and oxygen atoms in total. The first-order valence-corrected chi connectivity index (χ1v) is 11.7. The van der Waals surface area contributed by atoms with E-state index in [4.69, 9.17) is 9.47 Å². The number of benzene rings is 3. The van der Waals surface area contributed by atoms with E-state index in [1.54, 1.807) is 61.5 Å². The third kappa shape index (κ3) is 5.44. The molecule has 0 N–H and O–H groups in total. The van der Waals surface area contributed by atoms with Gasteiger partial charge in [0.05, 0.1) is 28.5 Å². The van der Waals surface area contributed by atoms with Crippen LogP contribution in [-0.4, -0.2) is 33.5 Å². The van der Waals surface area contributed by atoms with Gasteiger partial charge in [-0.2, -0.15) is 0 Å². The molecule has 0 atom stereocenters. The van der Waals surface area contributed by atoms with Crippen molar-refractivity contribution in [3.63, 3.8) is 0 Å². The summed E-state index contributed by atoms with van der Waals surface area (Å²) >= 11 is 0.744. The zero-order valence-electron chi connectivity index (χ0n) is 19.1. The standard InChI is InChI=1S/C26H20N2O7S/c1-2-34-22-14-17(12-13-21(22)35-25(30)18-8-4-3-5-9-18)15-23-24(29)27(26(31)36-23)16-19-10-6-7-11-20(19)28(32)33/h3-15H,2,16H2,1H3/b23-15-. The van der Waals surface area contributed by atoms with Crippen LogP contribution in [0.5, 0.6) is 11.5 Å². The molecule has 1 fully saturated rings. The highest BCUT2D eigenvalue weighted by atomic mass is 32.2. The second-order valence-electron chi connectivity index (χ2n) is 7.55. The highest BCUT2D eigenvalue weighted by molar-refractivity contribution is 8.18. The van der Waals surface area contributed by atoms with Crippen molar-refractivity contribution in [2.75, 3.05) is 6.61 Å². The number of imide groups is 1. The summed E-state index contributed by atoms with van der Waals surface area (Å²) in [5.41, 5.74) is 1.03. The lowest BCUT2D eigenvalue weighted by Gasteiger charge is -2.13. The fourth-order valence-corrected chi connectivity index (χ4v) is 4.32. The van der Waals surface area contributed by atoms with Gasteiger partial charge >= 0.3 is 5.97 Å². The van der Waals surface area contributed by atoms with Gasteiger partial charge in [-0.1, -0.05) is 42.5 Å². The van der Waals surface area contributed by atoms with Crippen molar-refractivity contribution in [3.8, 4) is 11.5 Å². The molecular weight excluding hydrogens is 484 g/mol. The zero-order chi connectivity index (χ0) is 25.7. The molecule has 2 amide bonds. The number of nitro benzene ring substituents is 1. The SMILES string of the molecule is CCOc1cc(/C=C2\SC(=O)N(Cc3ccccc3[N+](=O)[O-])C2=O)ccc1OC(=O)c1ccccc1. The zero-order valence-corrected chi connectivity index (χ0v) is 19.9. The van der Waals surface area contributed by atoms with Crippen LogP contribution in [0.25, 0.3) is 6.08 Å². The van der Waals surface area contributed by atoms with E-state index in [1.165, 1.54) is 24.3 Å². The number of amides is 2. The normalized spacial score (nSPS) is 14.2. The van der Waals surface area contributed by atoms with Crippen LogP contribution in [0.3, 0.4) is 0 Å². The van der Waals surface area contributed by atoms with Crippen LogP contribution in [0.2, 0.25) is 0 Å². The van der Waals surface area contributed by atoms with Crippen LogP contribution in [0.1, 0.15) is 28.4 Å². The van der Waals surface area contributed by atoms with Crippen LogP contribution in [0, 0.1) is 10.1 Å². The highest BCUT2D eigenvalue weighted by Crippen LogP contribution is 2.36. The molecule has 36 heavy (non-hydrogen) atoms. The lowest BCUT2D eigenvalue weighted by molar-refractivity contribution is -0.385. The number of para-hydroxylation sites is 1. The average Bonchev–Trinajstić information content (AvgIpc) is 3.13. The monoisotopic (exact) mass is 504 g/mol. The maximum absolute atomic E-state index is 12.9. The maximum Gasteiger partial charge on any atom is 0.343 e. The minimum absolute atomic E-state index is 0.162. The van der Waals surface area contributed by atoms with Crippen molar-refractivity contribution in [1.29, 1.82) is 0 Å². The number of hydrogen-bond acceptors (Lipinski definition) is 8. The lowest BCUT2D eigenvalue weighted by atomic mass is 10.1. The Morgan fingerprint density at radius 1 is 1.03 bits per heavy atom. The van der Waals surface area contributed by atoms with Gasteiger partial charge in [-0.15, -0.1) is 0 Å². The van der Waals surface area contributed by atoms with Gasteiger partial charge in [-0.3, -0.25) is 24.6 Å². The third-order valence-electron chi connectivity index (χ3n) is 5.17. The number of carbonyl (C=O) groups excluding carboxylic acids is 3. The number of carbonyl (C=O) groups is 3. The number of nitrogens with zero attached hydrogens (tertiary/aromatic N) is 2. The fourth-order valence-electron chi connectivity index (χ4n) is 3.48. The van der Waals surface area contributed by atoms with Crippen molar-refractivity contribution in [1.82, 2.24) is 4.90 Å².